The number of pyridine rings is 1. The number of H-pyrrole nitrogens is 1. The standard InChI is InChI=1S/C45H49N9O4/c1-27-24-32(12-15-35(27)28(2)47-43(57)41-49-44(58-52-41)45(3,4)5)39-37-25-33(26-46-40(37)51-50-39)30-10-13-34(14-11-30)54-22-20-53(21-23-54)19-18-29-6-8-31(9-7-29)36-16-17-38(55)48-42(36)56/h6-15,24-26,28,36H,16-23H2,1-5H3,(H,47,57)(H,46,50,51)(H,48,55,56)/t28-,36-/m1/s1. The topological polar surface area (TPSA) is 162 Å². The summed E-state index contributed by atoms with van der Waals surface area (Å²) in [7, 11) is 0. The third-order valence-corrected chi connectivity index (χ3v) is 11.3. The van der Waals surface area contributed by atoms with Crippen molar-refractivity contribution in [2.24, 2.45) is 0 Å². The van der Waals surface area contributed by atoms with Crippen LogP contribution in [0.15, 0.2) is 83.5 Å². The van der Waals surface area contributed by atoms with Crippen LogP contribution in [0.5, 0.6) is 0 Å². The molecule has 58 heavy (non-hydrogen) atoms. The van der Waals surface area contributed by atoms with Crippen LogP contribution in [-0.4, -0.2) is 80.7 Å². The number of piperazine rings is 1. The normalized spacial score (nSPS) is 17.1. The molecule has 13 heteroatoms. The first-order chi connectivity index (χ1) is 27.9. The number of nitrogens with one attached hydrogen (secondary N) is 3. The number of rotatable bonds is 10. The van der Waals surface area contributed by atoms with E-state index in [-0.39, 0.29) is 40.9 Å². The number of piperidine rings is 1. The number of benzene rings is 3. The van der Waals surface area contributed by atoms with Gasteiger partial charge in [-0.3, -0.25) is 29.7 Å². The van der Waals surface area contributed by atoms with E-state index < -0.39 is 0 Å². The Balaban J connectivity index is 0.865. The molecule has 0 saturated carbocycles. The number of carbonyl (C=O) groups excluding carboxylic acids is 3. The van der Waals surface area contributed by atoms with Crippen molar-refractivity contribution in [3.8, 4) is 22.4 Å². The summed E-state index contributed by atoms with van der Waals surface area (Å²) in [5.74, 6) is -0.568. The van der Waals surface area contributed by atoms with Crippen molar-refractivity contribution in [1.82, 2.24) is 40.9 Å². The first-order valence-electron chi connectivity index (χ1n) is 20.0. The highest BCUT2D eigenvalue weighted by molar-refractivity contribution is 6.01. The number of imide groups is 1. The summed E-state index contributed by atoms with van der Waals surface area (Å²) >= 11 is 0. The van der Waals surface area contributed by atoms with Crippen LogP contribution in [0, 0.1) is 6.92 Å². The average Bonchev–Trinajstić information content (AvgIpc) is 3.89. The number of hydrogen-bond acceptors (Lipinski definition) is 10. The van der Waals surface area contributed by atoms with Crippen molar-refractivity contribution in [3.05, 3.63) is 113 Å². The molecule has 298 valence electrons. The van der Waals surface area contributed by atoms with Gasteiger partial charge in [-0.25, -0.2) is 4.98 Å². The predicted molar refractivity (Wildman–Crippen MR) is 222 cm³/mol. The van der Waals surface area contributed by atoms with Crippen molar-refractivity contribution in [2.75, 3.05) is 37.6 Å². The molecule has 3 amide bonds. The molecule has 3 N–H and O–H groups in total. The van der Waals surface area contributed by atoms with E-state index in [0.29, 0.717) is 18.7 Å². The van der Waals surface area contributed by atoms with Gasteiger partial charge in [0.05, 0.1) is 12.0 Å². The Morgan fingerprint density at radius 2 is 1.69 bits per heavy atom. The Kier molecular flexibility index (Phi) is 10.6. The molecule has 0 unspecified atom stereocenters. The van der Waals surface area contributed by atoms with E-state index in [0.717, 1.165) is 89.3 Å². The Morgan fingerprint density at radius 3 is 2.38 bits per heavy atom. The van der Waals surface area contributed by atoms with Gasteiger partial charge in [-0.15, -0.1) is 0 Å². The molecule has 2 aliphatic rings. The third-order valence-electron chi connectivity index (χ3n) is 11.3. The summed E-state index contributed by atoms with van der Waals surface area (Å²) in [5, 5.41) is 18.0. The highest BCUT2D eigenvalue weighted by atomic mass is 16.5. The highest BCUT2D eigenvalue weighted by Crippen LogP contribution is 2.33. The quantitative estimate of drug-likeness (QED) is 0.128. The Labute approximate surface area is 337 Å². The van der Waals surface area contributed by atoms with Crippen LogP contribution in [-0.2, 0) is 21.4 Å². The molecule has 13 nitrogen and oxygen atoms in total. The molecule has 5 heterocycles. The summed E-state index contributed by atoms with van der Waals surface area (Å²) in [6, 6.07) is 25.0. The monoisotopic (exact) mass is 779 g/mol. The number of aryl methyl sites for hydroxylation is 1. The smallest absolute Gasteiger partial charge is 0.293 e. The lowest BCUT2D eigenvalue weighted by molar-refractivity contribution is -0.134. The minimum absolute atomic E-state index is 0.0209. The Hall–Kier alpha value is -6.21. The molecule has 2 atom stereocenters. The minimum Gasteiger partial charge on any atom is -0.369 e. The summed E-state index contributed by atoms with van der Waals surface area (Å²) in [6.07, 6.45) is 3.80. The lowest BCUT2D eigenvalue weighted by atomic mass is 9.90. The number of nitrogens with zero attached hydrogens (tertiary/aromatic N) is 6. The van der Waals surface area contributed by atoms with Crippen LogP contribution < -0.4 is 15.5 Å². The zero-order valence-corrected chi connectivity index (χ0v) is 33.6. The summed E-state index contributed by atoms with van der Waals surface area (Å²) in [4.78, 5) is 50.6. The highest BCUT2D eigenvalue weighted by Gasteiger charge is 2.28. The van der Waals surface area contributed by atoms with E-state index in [1.165, 1.54) is 11.3 Å². The van der Waals surface area contributed by atoms with Gasteiger partial charge in [0.2, 0.25) is 17.7 Å². The molecule has 6 aromatic rings. The largest absolute Gasteiger partial charge is 0.369 e. The number of hydrogen-bond donors (Lipinski definition) is 3. The predicted octanol–water partition coefficient (Wildman–Crippen LogP) is 6.66. The molecular weight excluding hydrogens is 731 g/mol. The fourth-order valence-electron chi connectivity index (χ4n) is 7.86. The third kappa shape index (κ3) is 8.26. The van der Waals surface area contributed by atoms with E-state index in [1.54, 1.807) is 0 Å². The maximum Gasteiger partial charge on any atom is 0.293 e. The molecule has 2 aliphatic heterocycles. The summed E-state index contributed by atoms with van der Waals surface area (Å²) < 4.78 is 5.31. The second-order valence-corrected chi connectivity index (χ2v) is 16.5. The molecule has 3 aromatic carbocycles. The first kappa shape index (κ1) is 38.7. The maximum atomic E-state index is 12.9. The van der Waals surface area contributed by atoms with Gasteiger partial charge in [0.15, 0.2) is 5.65 Å². The van der Waals surface area contributed by atoms with Crippen LogP contribution in [0.4, 0.5) is 5.69 Å². The number of fused-ring (bicyclic) bond motifs is 1. The van der Waals surface area contributed by atoms with Gasteiger partial charge in [-0.1, -0.05) is 74.5 Å². The molecule has 2 saturated heterocycles. The Bertz CT molecular complexity index is 2460. The van der Waals surface area contributed by atoms with E-state index in [4.69, 9.17) is 9.51 Å². The van der Waals surface area contributed by atoms with Crippen LogP contribution in [0.3, 0.4) is 0 Å². The second-order valence-electron chi connectivity index (χ2n) is 16.5. The SMILES string of the molecule is Cc1cc(-c2n[nH]c3ncc(-c4ccc(N5CCN(CCc6ccc([C@H]7CCC(=O)NC7=O)cc6)CC5)cc4)cc23)ccc1[C@@H](C)NC(=O)c1noc(C(C)(C)C)n1. The van der Waals surface area contributed by atoms with E-state index >= 15 is 0 Å². The van der Waals surface area contributed by atoms with Crippen molar-refractivity contribution >= 4 is 34.4 Å². The van der Waals surface area contributed by atoms with Crippen LogP contribution >= 0.6 is 0 Å². The van der Waals surface area contributed by atoms with E-state index in [2.05, 4.69) is 89.3 Å². The molecule has 0 spiro atoms. The lowest BCUT2D eigenvalue weighted by Gasteiger charge is -2.36. The average molecular weight is 780 g/mol. The molecule has 0 bridgehead atoms. The number of carbonyl (C=O) groups is 3. The fourth-order valence-corrected chi connectivity index (χ4v) is 7.86. The van der Waals surface area contributed by atoms with Crippen LogP contribution in [0.1, 0.15) is 91.3 Å². The molecular formula is C45H49N9O4. The Morgan fingerprint density at radius 1 is 0.948 bits per heavy atom. The molecule has 0 aliphatic carbocycles. The lowest BCUT2D eigenvalue weighted by Crippen LogP contribution is -2.47. The van der Waals surface area contributed by atoms with Gasteiger partial charge in [0.25, 0.3) is 11.7 Å². The first-order valence-corrected chi connectivity index (χ1v) is 20.0. The molecule has 2 fully saturated rings. The van der Waals surface area contributed by atoms with Gasteiger partial charge in [0.1, 0.15) is 5.69 Å². The summed E-state index contributed by atoms with van der Waals surface area (Å²) in [6.45, 7) is 14.7. The molecule has 3 aromatic heterocycles. The second kappa shape index (κ2) is 16.0. The van der Waals surface area contributed by atoms with Crippen molar-refractivity contribution in [3.63, 3.8) is 0 Å². The van der Waals surface area contributed by atoms with Crippen molar-refractivity contribution in [1.29, 1.82) is 0 Å². The maximum absolute atomic E-state index is 12.9. The number of aromatic nitrogens is 5. The van der Waals surface area contributed by atoms with E-state index in [1.807, 2.05) is 65.1 Å². The number of aromatic amines is 1. The van der Waals surface area contributed by atoms with E-state index in [9.17, 15) is 14.4 Å². The van der Waals surface area contributed by atoms with Crippen molar-refractivity contribution < 1.29 is 18.9 Å². The summed E-state index contributed by atoms with van der Waals surface area (Å²) in [5.41, 5.74) is 9.67. The number of anilines is 1. The minimum atomic E-state index is -0.385. The zero-order chi connectivity index (χ0) is 40.6. The van der Waals surface area contributed by atoms with Crippen molar-refractivity contribution in [2.45, 2.75) is 71.3 Å². The van der Waals surface area contributed by atoms with Gasteiger partial charge in [-0.05, 0) is 78.8 Å². The van der Waals surface area contributed by atoms with Gasteiger partial charge in [0, 0.05) is 73.0 Å². The molecule has 8 rings (SSSR count). The van der Waals surface area contributed by atoms with Gasteiger partial charge >= 0.3 is 0 Å². The zero-order valence-electron chi connectivity index (χ0n) is 33.6. The number of amides is 3. The van der Waals surface area contributed by atoms with Crippen LogP contribution in [0.25, 0.3) is 33.4 Å². The van der Waals surface area contributed by atoms with Gasteiger partial charge < -0.3 is 14.7 Å². The fraction of sp³-hybridized carbons (Fsp3) is 0.356. The van der Waals surface area contributed by atoms with Gasteiger partial charge in [-0.2, -0.15) is 10.1 Å². The van der Waals surface area contributed by atoms with Crippen LogP contribution in [0.2, 0.25) is 0 Å². The molecule has 0 radical (unpaired) electrons.